The van der Waals surface area contributed by atoms with Crippen LogP contribution in [0.15, 0.2) is 243 Å². The topological polar surface area (TPSA) is 0 Å². The molecule has 2 aromatic heterocycles. The number of hydrogen-bond donors (Lipinski definition) is 0. The number of rotatable bonds is 2. The second kappa shape index (κ2) is 15.3. The van der Waals surface area contributed by atoms with Crippen LogP contribution in [0.2, 0.25) is 0 Å². The van der Waals surface area contributed by atoms with Gasteiger partial charge in [0.05, 0.1) is 0 Å². The minimum absolute atomic E-state index is 1.21. The summed E-state index contributed by atoms with van der Waals surface area (Å²) >= 11 is 3.75. The molecule has 2 heterocycles. The van der Waals surface area contributed by atoms with Crippen LogP contribution in [0.4, 0.5) is 0 Å². The van der Waals surface area contributed by atoms with Gasteiger partial charge in [0.1, 0.15) is 0 Å². The molecule has 1 aliphatic carbocycles. The van der Waals surface area contributed by atoms with Crippen molar-refractivity contribution in [1.29, 1.82) is 0 Å². The maximum atomic E-state index is 2.54. The lowest BCUT2D eigenvalue weighted by atomic mass is 9.77. The zero-order chi connectivity index (χ0) is 48.2. The van der Waals surface area contributed by atoms with Gasteiger partial charge < -0.3 is 0 Å². The molecule has 0 unspecified atom stereocenters. The van der Waals surface area contributed by atoms with E-state index in [9.17, 15) is 0 Å². The van der Waals surface area contributed by atoms with Gasteiger partial charge in [-0.2, -0.15) is 0 Å². The molecule has 0 atom stereocenters. The number of benzene rings is 14. The van der Waals surface area contributed by atoms with Gasteiger partial charge in [0.15, 0.2) is 0 Å². The fraction of sp³-hybridized carbons (Fsp3) is 0. The Morgan fingerprint density at radius 2 is 0.392 bits per heavy atom. The first kappa shape index (κ1) is 40.7. The molecule has 0 bridgehead atoms. The van der Waals surface area contributed by atoms with Crippen LogP contribution in [-0.4, -0.2) is 0 Å². The molecule has 1 aliphatic rings. The summed E-state index contributed by atoms with van der Waals surface area (Å²) in [5.74, 6) is 0. The summed E-state index contributed by atoms with van der Waals surface area (Å²) < 4.78 is 5.28. The Morgan fingerprint density at radius 1 is 0.149 bits per heavy atom. The van der Waals surface area contributed by atoms with Crippen LogP contribution in [0, 0.1) is 0 Å². The average Bonchev–Trinajstić information content (AvgIpc) is 4.04. The fourth-order valence-electron chi connectivity index (χ4n) is 13.0. The summed E-state index contributed by atoms with van der Waals surface area (Å²) in [6, 6.07) is 92.6. The summed E-state index contributed by atoms with van der Waals surface area (Å²) in [7, 11) is 0. The highest BCUT2D eigenvalue weighted by molar-refractivity contribution is 7.26. The van der Waals surface area contributed by atoms with E-state index < -0.39 is 0 Å². The monoisotopic (exact) mass is 968 g/mol. The summed E-state index contributed by atoms with van der Waals surface area (Å²) in [4.78, 5) is 0. The lowest BCUT2D eigenvalue weighted by Gasteiger charge is -2.26. The number of fused-ring (bicyclic) bond motifs is 26. The van der Waals surface area contributed by atoms with E-state index in [0.29, 0.717) is 0 Å². The standard InChI is InChI=1S/C72H40S2/c1-5-17-49-45(13-1)47-15-3-7-19-51(47)61-39-65-58-34-42(44-28-32-72-68(36-44)56-22-10-12-24-70(56)74-72)26-30-54(58)64-38-60-50-18-6-2-14-46(50)48-16-4-8-20-52(48)62(60)40-66(64)57-33-41(25-29-53(57)63(65)37-59(49)61)43-27-31-71-67(35-43)55-21-9-11-23-69(55)73-71/h1-40H. The number of hydrogen-bond acceptors (Lipinski definition) is 2. The van der Waals surface area contributed by atoms with Crippen molar-refractivity contribution in [2.24, 2.45) is 0 Å². The van der Waals surface area contributed by atoms with Crippen LogP contribution in [0.5, 0.6) is 0 Å². The highest BCUT2D eigenvalue weighted by atomic mass is 32.1. The molecule has 0 radical (unpaired) electrons. The van der Waals surface area contributed by atoms with Crippen molar-refractivity contribution in [1.82, 2.24) is 0 Å². The molecular formula is C72H40S2. The van der Waals surface area contributed by atoms with Gasteiger partial charge in [0, 0.05) is 40.3 Å². The summed E-state index contributed by atoms with van der Waals surface area (Å²) in [6.07, 6.45) is 0. The van der Waals surface area contributed by atoms with Crippen molar-refractivity contribution in [2.75, 3.05) is 0 Å². The Hall–Kier alpha value is -8.92. The van der Waals surface area contributed by atoms with Crippen LogP contribution in [0.1, 0.15) is 0 Å². The van der Waals surface area contributed by atoms with Gasteiger partial charge in [-0.1, -0.05) is 170 Å². The van der Waals surface area contributed by atoms with E-state index in [1.807, 2.05) is 22.7 Å². The Bertz CT molecular complexity index is 4820. The molecule has 0 N–H and O–H groups in total. The molecule has 0 amide bonds. The summed E-state index contributed by atoms with van der Waals surface area (Å²) in [5.41, 5.74) is 14.8. The molecule has 0 spiro atoms. The zero-order valence-electron chi connectivity index (χ0n) is 39.9. The van der Waals surface area contributed by atoms with Crippen LogP contribution < -0.4 is 0 Å². The highest BCUT2D eigenvalue weighted by Gasteiger charge is 2.27. The average molecular weight is 969 g/mol. The van der Waals surface area contributed by atoms with Crippen molar-refractivity contribution in [2.45, 2.75) is 0 Å². The lowest BCUT2D eigenvalue weighted by Crippen LogP contribution is -1.99. The molecule has 14 aromatic carbocycles. The molecule has 0 nitrogen and oxygen atoms in total. The molecule has 340 valence electrons. The molecule has 16 aromatic rings. The van der Waals surface area contributed by atoms with Gasteiger partial charge in [-0.25, -0.2) is 0 Å². The van der Waals surface area contributed by atoms with Crippen molar-refractivity contribution >= 4 is 128 Å². The maximum absolute atomic E-state index is 2.54. The largest absolute Gasteiger partial charge is 0.135 e. The first-order chi connectivity index (χ1) is 36.7. The second-order valence-electron chi connectivity index (χ2n) is 20.2. The van der Waals surface area contributed by atoms with Crippen molar-refractivity contribution in [3.8, 4) is 66.8 Å². The smallest absolute Gasteiger partial charge is 0.0355 e. The van der Waals surface area contributed by atoms with E-state index in [-0.39, 0.29) is 0 Å². The molecule has 0 aliphatic heterocycles. The van der Waals surface area contributed by atoms with Crippen molar-refractivity contribution in [3.05, 3.63) is 243 Å². The van der Waals surface area contributed by atoms with E-state index in [1.165, 1.54) is 172 Å². The molecular weight excluding hydrogens is 929 g/mol. The molecule has 2 heteroatoms. The van der Waals surface area contributed by atoms with E-state index in [2.05, 4.69) is 243 Å². The van der Waals surface area contributed by atoms with Gasteiger partial charge in [-0.3, -0.25) is 0 Å². The van der Waals surface area contributed by atoms with Gasteiger partial charge in [0.2, 0.25) is 0 Å². The third-order valence-electron chi connectivity index (χ3n) is 16.4. The molecule has 17 rings (SSSR count). The van der Waals surface area contributed by atoms with E-state index in [4.69, 9.17) is 0 Å². The van der Waals surface area contributed by atoms with Gasteiger partial charge in [0.25, 0.3) is 0 Å². The predicted molar refractivity (Wildman–Crippen MR) is 323 cm³/mol. The number of thiophene rings is 2. The Balaban J connectivity index is 1.02. The predicted octanol–water partition coefficient (Wildman–Crippen LogP) is 21.7. The molecule has 0 saturated heterocycles. The van der Waals surface area contributed by atoms with Crippen LogP contribution >= 0.6 is 22.7 Å². The first-order valence-corrected chi connectivity index (χ1v) is 27.2. The molecule has 74 heavy (non-hydrogen) atoms. The third-order valence-corrected chi connectivity index (χ3v) is 18.7. The summed E-state index contributed by atoms with van der Waals surface area (Å²) in [6.45, 7) is 0. The fourth-order valence-corrected chi connectivity index (χ4v) is 15.1. The Morgan fingerprint density at radius 3 is 0.743 bits per heavy atom. The summed E-state index contributed by atoms with van der Waals surface area (Å²) in [5, 5.41) is 20.6. The van der Waals surface area contributed by atoms with E-state index in [0.717, 1.165) is 0 Å². The minimum atomic E-state index is 1.21. The van der Waals surface area contributed by atoms with Crippen LogP contribution in [-0.2, 0) is 0 Å². The Labute approximate surface area is 434 Å². The van der Waals surface area contributed by atoms with E-state index in [1.54, 1.807) is 0 Å². The highest BCUT2D eigenvalue weighted by Crippen LogP contribution is 2.54. The quantitative estimate of drug-likeness (QED) is 0.151. The maximum Gasteiger partial charge on any atom is 0.0355 e. The van der Waals surface area contributed by atoms with Gasteiger partial charge in [-0.05, 0) is 204 Å². The third kappa shape index (κ3) is 5.78. The lowest BCUT2D eigenvalue weighted by molar-refractivity contribution is 1.54. The molecule has 0 saturated carbocycles. The second-order valence-corrected chi connectivity index (χ2v) is 22.4. The van der Waals surface area contributed by atoms with Crippen LogP contribution in [0.3, 0.4) is 0 Å². The van der Waals surface area contributed by atoms with E-state index >= 15 is 0 Å². The minimum Gasteiger partial charge on any atom is -0.135 e. The first-order valence-electron chi connectivity index (χ1n) is 25.5. The van der Waals surface area contributed by atoms with Gasteiger partial charge in [-0.15, -0.1) is 22.7 Å². The molecule has 0 fully saturated rings. The normalized spacial score (nSPS) is 12.3. The van der Waals surface area contributed by atoms with Crippen LogP contribution in [0.25, 0.3) is 172 Å². The van der Waals surface area contributed by atoms with Crippen molar-refractivity contribution in [3.63, 3.8) is 0 Å². The van der Waals surface area contributed by atoms with Gasteiger partial charge >= 0.3 is 0 Å². The SMILES string of the molecule is c1ccc2c(c1)sc1ccc(-c3ccc4c(c3)-c3cc5c6ccccc6c6ccccc6c5cc3-c3ccc(-c5ccc6sc7ccccc7c6c5)cc3-c3cc5c6ccccc6c6ccccc6c5cc3-4)cc12. The zero-order valence-corrected chi connectivity index (χ0v) is 41.5. The Kier molecular flexibility index (Phi) is 8.41. The van der Waals surface area contributed by atoms with Crippen molar-refractivity contribution < 1.29 is 0 Å².